The van der Waals surface area contributed by atoms with Gasteiger partial charge in [0.25, 0.3) is 0 Å². The first-order valence-electron chi connectivity index (χ1n) is 5.90. The molecule has 10 nitrogen and oxygen atoms in total. The van der Waals surface area contributed by atoms with Gasteiger partial charge in [-0.1, -0.05) is 5.16 Å². The normalized spacial score (nSPS) is 26.4. The Labute approximate surface area is 114 Å². The minimum Gasteiger partial charge on any atom is -0.340 e. The number of hydroxylamine groups is 2. The van der Waals surface area contributed by atoms with Crippen molar-refractivity contribution >= 4 is 16.4 Å². The van der Waals surface area contributed by atoms with Crippen molar-refractivity contribution in [3.8, 4) is 0 Å². The third-order valence-electron chi connectivity index (χ3n) is 3.39. The molecule has 1 aromatic rings. The predicted octanol–water partition coefficient (Wildman–Crippen LogP) is -0.294. The van der Waals surface area contributed by atoms with Crippen LogP contribution in [0.4, 0.5) is 4.79 Å². The van der Waals surface area contributed by atoms with Crippen LogP contribution in [0.1, 0.15) is 24.1 Å². The number of nitrogens with zero attached hydrogens (tertiary/aromatic N) is 4. The second kappa shape index (κ2) is 4.40. The molecule has 3 rings (SSSR count). The van der Waals surface area contributed by atoms with Crippen molar-refractivity contribution in [3.63, 3.8) is 0 Å². The Morgan fingerprint density at radius 2 is 2.25 bits per heavy atom. The molecule has 11 heteroatoms. The minimum atomic E-state index is -4.77. The van der Waals surface area contributed by atoms with Crippen molar-refractivity contribution in [2.45, 2.75) is 25.3 Å². The van der Waals surface area contributed by atoms with Crippen molar-refractivity contribution < 1.29 is 26.6 Å². The number of urea groups is 1. The third-order valence-corrected chi connectivity index (χ3v) is 3.74. The summed E-state index contributed by atoms with van der Waals surface area (Å²) in [5, 5.41) is 4.47. The molecular formula is C9H12N4O6S. The van der Waals surface area contributed by atoms with E-state index in [1.165, 1.54) is 4.90 Å². The quantitative estimate of drug-likeness (QED) is 0.755. The molecule has 0 unspecified atom stereocenters. The van der Waals surface area contributed by atoms with E-state index in [2.05, 4.69) is 14.4 Å². The van der Waals surface area contributed by atoms with Crippen molar-refractivity contribution in [1.82, 2.24) is 20.1 Å². The van der Waals surface area contributed by atoms with Gasteiger partial charge in [-0.15, -0.1) is 4.28 Å². The Balaban J connectivity index is 1.90. The van der Waals surface area contributed by atoms with E-state index in [0.29, 0.717) is 29.7 Å². The fraction of sp³-hybridized carbons (Fsp3) is 0.667. The van der Waals surface area contributed by atoms with Crippen LogP contribution in [0.5, 0.6) is 0 Å². The molecule has 0 aliphatic carbocycles. The lowest BCUT2D eigenvalue weighted by Gasteiger charge is -2.27. The second-order valence-electron chi connectivity index (χ2n) is 4.69. The van der Waals surface area contributed by atoms with Crippen molar-refractivity contribution in [1.29, 1.82) is 0 Å². The molecule has 2 saturated heterocycles. The zero-order valence-corrected chi connectivity index (χ0v) is 11.3. The SMILES string of the molecule is Cc1nc([C@@H]2CCN3C[C@@H]2N(OS(=O)(=O)O)C3=O)no1. The van der Waals surface area contributed by atoms with Gasteiger partial charge in [0.2, 0.25) is 5.89 Å². The molecule has 20 heavy (non-hydrogen) atoms. The fourth-order valence-corrected chi connectivity index (χ4v) is 2.96. The molecule has 0 saturated carbocycles. The zero-order valence-electron chi connectivity index (χ0n) is 10.5. The summed E-state index contributed by atoms with van der Waals surface area (Å²) in [4.78, 5) is 17.5. The summed E-state index contributed by atoms with van der Waals surface area (Å²) < 4.78 is 39.7. The van der Waals surface area contributed by atoms with Gasteiger partial charge in [-0.25, -0.2) is 4.79 Å². The molecule has 2 aliphatic heterocycles. The van der Waals surface area contributed by atoms with Gasteiger partial charge in [0.15, 0.2) is 5.82 Å². The summed E-state index contributed by atoms with van der Waals surface area (Å²) >= 11 is 0. The van der Waals surface area contributed by atoms with Gasteiger partial charge in [-0.2, -0.15) is 18.5 Å². The number of aromatic nitrogens is 2. The number of carbonyl (C=O) groups excluding carboxylic acids is 1. The van der Waals surface area contributed by atoms with Gasteiger partial charge in [0.05, 0.1) is 6.04 Å². The number of rotatable bonds is 3. The lowest BCUT2D eigenvalue weighted by molar-refractivity contribution is -0.0379. The summed E-state index contributed by atoms with van der Waals surface area (Å²) in [6.07, 6.45) is 0.556. The maximum Gasteiger partial charge on any atom is 0.418 e. The van der Waals surface area contributed by atoms with E-state index in [1.807, 2.05) is 0 Å². The number of carbonyl (C=O) groups is 1. The maximum atomic E-state index is 11.9. The molecule has 0 spiro atoms. The number of aryl methyl sites for hydroxylation is 1. The third kappa shape index (κ3) is 2.23. The van der Waals surface area contributed by atoms with Crippen LogP contribution >= 0.6 is 0 Å². The van der Waals surface area contributed by atoms with E-state index in [9.17, 15) is 13.2 Å². The Kier molecular flexibility index (Phi) is 2.92. The van der Waals surface area contributed by atoms with Crippen molar-refractivity contribution in [2.75, 3.05) is 13.1 Å². The van der Waals surface area contributed by atoms with Crippen molar-refractivity contribution in [3.05, 3.63) is 11.7 Å². The lowest BCUT2D eigenvalue weighted by atomic mass is 9.93. The van der Waals surface area contributed by atoms with Gasteiger partial charge in [-0.3, -0.25) is 4.55 Å². The molecule has 2 amide bonds. The summed E-state index contributed by atoms with van der Waals surface area (Å²) in [6.45, 7) is 2.35. The van der Waals surface area contributed by atoms with E-state index in [1.54, 1.807) is 6.92 Å². The molecule has 1 N–H and O–H groups in total. The average Bonchev–Trinajstić information content (AvgIpc) is 2.88. The van der Waals surface area contributed by atoms with Gasteiger partial charge < -0.3 is 9.42 Å². The van der Waals surface area contributed by atoms with Crippen LogP contribution in [0, 0.1) is 6.92 Å². The van der Waals surface area contributed by atoms with E-state index >= 15 is 0 Å². The molecule has 1 aromatic heterocycles. The highest BCUT2D eigenvalue weighted by atomic mass is 32.3. The molecule has 3 heterocycles. The standard InChI is InChI=1S/C9H12N4O6S/c1-5-10-8(11-18-5)6-2-3-12-4-7(6)13(9(12)14)19-20(15,16)17/h6-7H,2-4H2,1H3,(H,15,16,17)/t6-,7+/m1/s1. The number of fused-ring (bicyclic) bond motifs is 2. The molecule has 0 aromatic carbocycles. The van der Waals surface area contributed by atoms with Crippen LogP contribution in [-0.4, -0.2) is 58.2 Å². The zero-order chi connectivity index (χ0) is 14.5. The van der Waals surface area contributed by atoms with Gasteiger partial charge >= 0.3 is 16.4 Å². The van der Waals surface area contributed by atoms with Crippen LogP contribution in [0.2, 0.25) is 0 Å². The Morgan fingerprint density at radius 1 is 1.50 bits per heavy atom. The maximum absolute atomic E-state index is 11.9. The van der Waals surface area contributed by atoms with E-state index in [-0.39, 0.29) is 12.5 Å². The van der Waals surface area contributed by atoms with Gasteiger partial charge in [0, 0.05) is 25.9 Å². The molecule has 2 atom stereocenters. The Morgan fingerprint density at radius 3 is 2.85 bits per heavy atom. The van der Waals surface area contributed by atoms with Crippen LogP contribution in [-0.2, 0) is 14.7 Å². The smallest absolute Gasteiger partial charge is 0.340 e. The first-order valence-corrected chi connectivity index (χ1v) is 7.27. The molecule has 2 bridgehead atoms. The van der Waals surface area contributed by atoms with Crippen molar-refractivity contribution in [2.24, 2.45) is 0 Å². The lowest BCUT2D eigenvalue weighted by Crippen LogP contribution is -2.40. The number of piperidine rings is 1. The van der Waals surface area contributed by atoms with E-state index in [0.717, 1.165) is 0 Å². The largest absolute Gasteiger partial charge is 0.418 e. The average molecular weight is 304 g/mol. The summed E-state index contributed by atoms with van der Waals surface area (Å²) in [7, 11) is -4.77. The van der Waals surface area contributed by atoms with Gasteiger partial charge in [0.1, 0.15) is 0 Å². The summed E-state index contributed by atoms with van der Waals surface area (Å²) in [6, 6.07) is -1.19. The van der Waals surface area contributed by atoms with E-state index in [4.69, 9.17) is 9.08 Å². The summed E-state index contributed by atoms with van der Waals surface area (Å²) in [5.74, 6) is 0.469. The fourth-order valence-electron chi connectivity index (χ4n) is 2.58. The molecule has 0 radical (unpaired) electrons. The van der Waals surface area contributed by atoms with E-state index < -0.39 is 22.5 Å². The van der Waals surface area contributed by atoms with Crippen LogP contribution < -0.4 is 0 Å². The monoisotopic (exact) mass is 304 g/mol. The predicted molar refractivity (Wildman–Crippen MR) is 61.6 cm³/mol. The highest BCUT2D eigenvalue weighted by Crippen LogP contribution is 2.36. The molecule has 110 valence electrons. The number of amides is 2. The van der Waals surface area contributed by atoms with Crippen LogP contribution in [0.15, 0.2) is 4.52 Å². The first-order chi connectivity index (χ1) is 9.35. The van der Waals surface area contributed by atoms with Crippen LogP contribution in [0.3, 0.4) is 0 Å². The summed E-state index contributed by atoms with van der Waals surface area (Å²) in [5.41, 5.74) is 0. The number of hydrogen-bond donors (Lipinski definition) is 1. The Hall–Kier alpha value is -1.72. The van der Waals surface area contributed by atoms with Gasteiger partial charge in [-0.05, 0) is 6.42 Å². The number of hydrogen-bond acceptors (Lipinski definition) is 7. The first kappa shape index (κ1) is 13.3. The second-order valence-corrected chi connectivity index (χ2v) is 5.70. The topological polar surface area (TPSA) is 126 Å². The Bertz CT molecular complexity index is 643. The molecule has 2 aliphatic rings. The highest BCUT2D eigenvalue weighted by Gasteiger charge is 2.49. The highest BCUT2D eigenvalue weighted by molar-refractivity contribution is 7.80. The minimum absolute atomic E-state index is 0.284. The van der Waals surface area contributed by atoms with Crippen LogP contribution in [0.25, 0.3) is 0 Å². The molecular weight excluding hydrogens is 292 g/mol. The molecule has 2 fully saturated rings.